The molecule has 3 nitrogen and oxygen atoms in total. The van der Waals surface area contributed by atoms with Crippen LogP contribution in [0.5, 0.6) is 0 Å². The zero-order valence-corrected chi connectivity index (χ0v) is 12.3. The zero-order valence-electron chi connectivity index (χ0n) is 11.6. The Bertz CT molecular complexity index is 620. The van der Waals surface area contributed by atoms with Gasteiger partial charge in [0, 0.05) is 10.6 Å². The fourth-order valence-corrected chi connectivity index (χ4v) is 2.03. The van der Waals surface area contributed by atoms with Crippen LogP contribution in [0.15, 0.2) is 54.6 Å². The summed E-state index contributed by atoms with van der Waals surface area (Å²) in [6.45, 7) is 1.57. The number of halogens is 1. The summed E-state index contributed by atoms with van der Waals surface area (Å²) in [6, 6.07) is 15.8. The van der Waals surface area contributed by atoms with Crippen LogP contribution in [0.3, 0.4) is 0 Å². The molecule has 0 aromatic heterocycles. The highest BCUT2D eigenvalue weighted by Gasteiger charge is 2.19. The summed E-state index contributed by atoms with van der Waals surface area (Å²) in [5.74, 6) is -0.663. The summed E-state index contributed by atoms with van der Waals surface area (Å²) in [4.78, 5) is 23.9. The van der Waals surface area contributed by atoms with Gasteiger partial charge in [-0.15, -0.1) is 0 Å². The first kappa shape index (κ1) is 15.3. The molecule has 1 unspecified atom stereocenters. The van der Waals surface area contributed by atoms with Crippen LogP contribution in [0, 0.1) is 0 Å². The first-order valence-electron chi connectivity index (χ1n) is 6.59. The normalized spacial score (nSPS) is 11.7. The molecule has 0 saturated carbocycles. The Balaban J connectivity index is 1.94. The lowest BCUT2D eigenvalue weighted by Crippen LogP contribution is -2.25. The van der Waals surface area contributed by atoms with E-state index in [0.717, 1.165) is 5.56 Å². The summed E-state index contributed by atoms with van der Waals surface area (Å²) in [6.07, 6.45) is -0.665. The second-order valence-electron chi connectivity index (χ2n) is 4.67. The first-order chi connectivity index (χ1) is 10.1. The van der Waals surface area contributed by atoms with Crippen molar-refractivity contribution in [3.63, 3.8) is 0 Å². The average Bonchev–Trinajstić information content (AvgIpc) is 2.48. The monoisotopic (exact) mass is 302 g/mol. The van der Waals surface area contributed by atoms with Gasteiger partial charge in [-0.05, 0) is 36.8 Å². The van der Waals surface area contributed by atoms with E-state index >= 15 is 0 Å². The van der Waals surface area contributed by atoms with Gasteiger partial charge in [0.1, 0.15) is 0 Å². The molecular weight excluding hydrogens is 288 g/mol. The average molecular weight is 303 g/mol. The standard InChI is InChI=1S/C17H15ClO3/c1-12(17(20)14-7-9-15(18)10-8-14)21-16(19)11-13-5-3-2-4-6-13/h2-10,12H,11H2,1H3. The molecule has 0 aliphatic heterocycles. The van der Waals surface area contributed by atoms with E-state index in [9.17, 15) is 9.59 Å². The van der Waals surface area contributed by atoms with Crippen LogP contribution in [0.4, 0.5) is 0 Å². The molecule has 4 heteroatoms. The minimum absolute atomic E-state index is 0.152. The summed E-state index contributed by atoms with van der Waals surface area (Å²) in [7, 11) is 0. The van der Waals surface area contributed by atoms with Gasteiger partial charge >= 0.3 is 5.97 Å². The first-order valence-corrected chi connectivity index (χ1v) is 6.97. The van der Waals surface area contributed by atoms with E-state index in [2.05, 4.69) is 0 Å². The van der Waals surface area contributed by atoms with Gasteiger partial charge in [-0.3, -0.25) is 9.59 Å². The van der Waals surface area contributed by atoms with Crippen molar-refractivity contribution in [2.45, 2.75) is 19.4 Å². The predicted molar refractivity (Wildman–Crippen MR) is 81.5 cm³/mol. The lowest BCUT2D eigenvalue weighted by molar-refractivity contribution is -0.145. The fourth-order valence-electron chi connectivity index (χ4n) is 1.90. The van der Waals surface area contributed by atoms with Crippen molar-refractivity contribution in [2.75, 3.05) is 0 Å². The highest BCUT2D eigenvalue weighted by Crippen LogP contribution is 2.13. The van der Waals surface area contributed by atoms with Crippen LogP contribution in [0.2, 0.25) is 5.02 Å². The van der Waals surface area contributed by atoms with E-state index in [0.29, 0.717) is 10.6 Å². The zero-order chi connectivity index (χ0) is 15.2. The molecule has 0 fully saturated rings. The van der Waals surface area contributed by atoms with E-state index in [1.165, 1.54) is 0 Å². The number of hydrogen-bond acceptors (Lipinski definition) is 3. The topological polar surface area (TPSA) is 43.4 Å². The second kappa shape index (κ2) is 7.04. The quantitative estimate of drug-likeness (QED) is 0.625. The molecule has 0 heterocycles. The third kappa shape index (κ3) is 4.43. The lowest BCUT2D eigenvalue weighted by atomic mass is 10.1. The van der Waals surface area contributed by atoms with Crippen molar-refractivity contribution in [3.05, 3.63) is 70.7 Å². The second-order valence-corrected chi connectivity index (χ2v) is 5.10. The number of hydrogen-bond donors (Lipinski definition) is 0. The van der Waals surface area contributed by atoms with Gasteiger partial charge < -0.3 is 4.74 Å². The van der Waals surface area contributed by atoms with Crippen molar-refractivity contribution in [3.8, 4) is 0 Å². The van der Waals surface area contributed by atoms with Crippen LogP contribution in [-0.4, -0.2) is 17.9 Å². The van der Waals surface area contributed by atoms with E-state index < -0.39 is 12.1 Å². The number of benzene rings is 2. The van der Waals surface area contributed by atoms with Gasteiger partial charge in [-0.2, -0.15) is 0 Å². The van der Waals surface area contributed by atoms with Gasteiger partial charge in [0.15, 0.2) is 6.10 Å². The molecule has 0 radical (unpaired) electrons. The SMILES string of the molecule is CC(OC(=O)Cc1ccccc1)C(=O)c1ccc(Cl)cc1. The van der Waals surface area contributed by atoms with Crippen molar-refractivity contribution in [1.82, 2.24) is 0 Å². The van der Waals surface area contributed by atoms with Crippen molar-refractivity contribution in [1.29, 1.82) is 0 Å². The molecule has 2 aromatic carbocycles. The Kier molecular flexibility index (Phi) is 5.12. The van der Waals surface area contributed by atoms with E-state index in [-0.39, 0.29) is 12.2 Å². The number of rotatable bonds is 5. The predicted octanol–water partition coefficient (Wildman–Crippen LogP) is 3.70. The summed E-state index contributed by atoms with van der Waals surface area (Å²) < 4.78 is 5.18. The van der Waals surface area contributed by atoms with Gasteiger partial charge in [0.25, 0.3) is 0 Å². The van der Waals surface area contributed by atoms with E-state index in [4.69, 9.17) is 16.3 Å². The Morgan fingerprint density at radius 2 is 1.67 bits per heavy atom. The maximum Gasteiger partial charge on any atom is 0.310 e. The Labute approximate surface area is 128 Å². The number of ketones is 1. The van der Waals surface area contributed by atoms with Gasteiger partial charge in [0.2, 0.25) is 5.78 Å². The number of ether oxygens (including phenoxy) is 1. The molecule has 108 valence electrons. The molecule has 0 bridgehead atoms. The third-order valence-corrected chi connectivity index (χ3v) is 3.25. The molecular formula is C17H15ClO3. The number of Topliss-reactive ketones (excluding diaryl/α,β-unsaturated/α-hetero) is 1. The lowest BCUT2D eigenvalue weighted by Gasteiger charge is -2.12. The molecule has 0 N–H and O–H groups in total. The third-order valence-electron chi connectivity index (χ3n) is 3.00. The maximum atomic E-state index is 12.1. The minimum Gasteiger partial charge on any atom is -0.454 e. The van der Waals surface area contributed by atoms with Crippen LogP contribution in [-0.2, 0) is 16.0 Å². The number of carbonyl (C=O) groups is 2. The largest absolute Gasteiger partial charge is 0.454 e. The number of carbonyl (C=O) groups excluding carboxylic acids is 2. The Morgan fingerprint density at radius 1 is 1.05 bits per heavy atom. The smallest absolute Gasteiger partial charge is 0.310 e. The Morgan fingerprint density at radius 3 is 2.29 bits per heavy atom. The molecule has 2 rings (SSSR count). The van der Waals surface area contributed by atoms with Crippen molar-refractivity contribution < 1.29 is 14.3 Å². The van der Waals surface area contributed by atoms with Crippen LogP contribution < -0.4 is 0 Å². The molecule has 2 aromatic rings. The highest BCUT2D eigenvalue weighted by atomic mass is 35.5. The number of esters is 1. The maximum absolute atomic E-state index is 12.1. The summed E-state index contributed by atoms with van der Waals surface area (Å²) >= 11 is 5.77. The van der Waals surface area contributed by atoms with Crippen LogP contribution in [0.1, 0.15) is 22.8 Å². The molecule has 0 spiro atoms. The molecule has 21 heavy (non-hydrogen) atoms. The summed E-state index contributed by atoms with van der Waals surface area (Å²) in [5.41, 5.74) is 1.33. The van der Waals surface area contributed by atoms with E-state index in [1.807, 2.05) is 30.3 Å². The van der Waals surface area contributed by atoms with Crippen molar-refractivity contribution >= 4 is 23.4 Å². The minimum atomic E-state index is -0.817. The van der Waals surface area contributed by atoms with Gasteiger partial charge in [-0.1, -0.05) is 41.9 Å². The molecule has 0 amide bonds. The van der Waals surface area contributed by atoms with Gasteiger partial charge in [0.05, 0.1) is 6.42 Å². The van der Waals surface area contributed by atoms with Crippen molar-refractivity contribution in [2.24, 2.45) is 0 Å². The fraction of sp³-hybridized carbons (Fsp3) is 0.176. The van der Waals surface area contributed by atoms with Crippen LogP contribution >= 0.6 is 11.6 Å². The van der Waals surface area contributed by atoms with E-state index in [1.54, 1.807) is 31.2 Å². The van der Waals surface area contributed by atoms with Crippen LogP contribution in [0.25, 0.3) is 0 Å². The summed E-state index contributed by atoms with van der Waals surface area (Å²) in [5, 5.41) is 0.556. The molecule has 0 aliphatic rings. The molecule has 0 saturated heterocycles. The van der Waals surface area contributed by atoms with Gasteiger partial charge in [-0.25, -0.2) is 0 Å². The molecule has 0 aliphatic carbocycles. The molecule has 1 atom stereocenters. The Hall–Kier alpha value is -2.13. The highest BCUT2D eigenvalue weighted by molar-refractivity contribution is 6.30.